The molecule has 0 bridgehead atoms. The number of rotatable bonds is 2. The van der Waals surface area contributed by atoms with Crippen molar-refractivity contribution < 1.29 is 4.39 Å². The highest BCUT2D eigenvalue weighted by Crippen LogP contribution is 2.30. The number of nitrogens with zero attached hydrogens (tertiary/aromatic N) is 1. The van der Waals surface area contributed by atoms with Crippen LogP contribution in [0.3, 0.4) is 0 Å². The van der Waals surface area contributed by atoms with Gasteiger partial charge in [0, 0.05) is 24.3 Å². The van der Waals surface area contributed by atoms with E-state index in [-0.39, 0.29) is 6.54 Å². The standard InChI is InChI=1S/C12H13FN2/c1-12(13,8-14)11-4-2-3-9-5-6-15-7-10(9)11/h2-7H,8,14H2,1H3. The molecule has 0 aliphatic rings. The van der Waals surface area contributed by atoms with Crippen LogP contribution in [0, 0.1) is 0 Å². The zero-order valence-corrected chi connectivity index (χ0v) is 8.57. The summed E-state index contributed by atoms with van der Waals surface area (Å²) in [6.45, 7) is 1.47. The molecule has 2 aromatic rings. The van der Waals surface area contributed by atoms with Crippen LogP contribution in [0.15, 0.2) is 36.7 Å². The van der Waals surface area contributed by atoms with Gasteiger partial charge in [-0.15, -0.1) is 0 Å². The second-order valence-electron chi connectivity index (χ2n) is 3.80. The first-order valence-corrected chi connectivity index (χ1v) is 4.87. The van der Waals surface area contributed by atoms with E-state index in [0.717, 1.165) is 10.8 Å². The Morgan fingerprint density at radius 1 is 1.40 bits per heavy atom. The largest absolute Gasteiger partial charge is 0.327 e. The van der Waals surface area contributed by atoms with Gasteiger partial charge in [-0.3, -0.25) is 4.98 Å². The number of nitrogens with two attached hydrogens (primary N) is 1. The number of hydrogen-bond acceptors (Lipinski definition) is 2. The third-order valence-electron chi connectivity index (χ3n) is 2.63. The number of pyridine rings is 1. The quantitative estimate of drug-likeness (QED) is 0.815. The summed E-state index contributed by atoms with van der Waals surface area (Å²) in [6, 6.07) is 7.40. The molecule has 0 amide bonds. The number of aromatic nitrogens is 1. The van der Waals surface area contributed by atoms with Crippen LogP contribution in [0.25, 0.3) is 10.8 Å². The number of alkyl halides is 1. The van der Waals surface area contributed by atoms with E-state index in [1.165, 1.54) is 6.92 Å². The molecular weight excluding hydrogens is 191 g/mol. The summed E-state index contributed by atoms with van der Waals surface area (Å²) in [6.07, 6.45) is 3.38. The van der Waals surface area contributed by atoms with Crippen LogP contribution in [0.5, 0.6) is 0 Å². The molecule has 2 N–H and O–H groups in total. The van der Waals surface area contributed by atoms with E-state index in [1.807, 2.05) is 18.2 Å². The van der Waals surface area contributed by atoms with Crippen LogP contribution in [0.4, 0.5) is 4.39 Å². The number of fused-ring (bicyclic) bond motifs is 1. The Labute approximate surface area is 87.9 Å². The van der Waals surface area contributed by atoms with Gasteiger partial charge in [0.25, 0.3) is 0 Å². The van der Waals surface area contributed by atoms with E-state index < -0.39 is 5.67 Å². The van der Waals surface area contributed by atoms with Gasteiger partial charge in [-0.1, -0.05) is 18.2 Å². The van der Waals surface area contributed by atoms with Gasteiger partial charge in [-0.2, -0.15) is 0 Å². The first-order chi connectivity index (χ1) is 7.15. The summed E-state index contributed by atoms with van der Waals surface area (Å²) < 4.78 is 14.1. The highest BCUT2D eigenvalue weighted by Gasteiger charge is 2.25. The van der Waals surface area contributed by atoms with Crippen molar-refractivity contribution in [1.29, 1.82) is 0 Å². The minimum Gasteiger partial charge on any atom is -0.327 e. The van der Waals surface area contributed by atoms with Gasteiger partial charge in [0.15, 0.2) is 0 Å². The molecule has 0 saturated carbocycles. The van der Waals surface area contributed by atoms with Gasteiger partial charge in [-0.05, 0) is 23.9 Å². The number of hydrogen-bond donors (Lipinski definition) is 1. The van der Waals surface area contributed by atoms with Crippen molar-refractivity contribution in [2.45, 2.75) is 12.6 Å². The van der Waals surface area contributed by atoms with Crippen molar-refractivity contribution in [1.82, 2.24) is 4.98 Å². The summed E-state index contributed by atoms with van der Waals surface area (Å²) in [7, 11) is 0. The van der Waals surface area contributed by atoms with E-state index in [0.29, 0.717) is 5.56 Å². The minimum absolute atomic E-state index is 0.0268. The highest BCUT2D eigenvalue weighted by molar-refractivity contribution is 5.85. The maximum absolute atomic E-state index is 14.1. The second kappa shape index (κ2) is 3.59. The fourth-order valence-corrected chi connectivity index (χ4v) is 1.68. The maximum Gasteiger partial charge on any atom is 0.146 e. The van der Waals surface area contributed by atoms with E-state index >= 15 is 0 Å². The van der Waals surface area contributed by atoms with E-state index in [4.69, 9.17) is 5.73 Å². The average molecular weight is 204 g/mol. The van der Waals surface area contributed by atoms with Crippen molar-refractivity contribution in [3.8, 4) is 0 Å². The van der Waals surface area contributed by atoms with Crippen molar-refractivity contribution in [3.05, 3.63) is 42.2 Å². The maximum atomic E-state index is 14.1. The summed E-state index contributed by atoms with van der Waals surface area (Å²) in [5.74, 6) is 0. The van der Waals surface area contributed by atoms with E-state index in [9.17, 15) is 4.39 Å². The third-order valence-corrected chi connectivity index (χ3v) is 2.63. The Balaban J connectivity index is 2.71. The average Bonchev–Trinajstić information content (AvgIpc) is 2.28. The lowest BCUT2D eigenvalue weighted by molar-refractivity contribution is 0.205. The Hall–Kier alpha value is -1.48. The molecule has 1 heterocycles. The van der Waals surface area contributed by atoms with Gasteiger partial charge in [0.05, 0.1) is 0 Å². The van der Waals surface area contributed by atoms with Crippen LogP contribution in [0.2, 0.25) is 0 Å². The van der Waals surface area contributed by atoms with E-state index in [1.54, 1.807) is 18.5 Å². The molecule has 1 unspecified atom stereocenters. The third kappa shape index (κ3) is 1.70. The normalized spacial score (nSPS) is 15.1. The second-order valence-corrected chi connectivity index (χ2v) is 3.80. The molecule has 3 heteroatoms. The van der Waals surface area contributed by atoms with Crippen molar-refractivity contribution in [3.63, 3.8) is 0 Å². The molecule has 0 fully saturated rings. The molecular formula is C12H13FN2. The van der Waals surface area contributed by atoms with E-state index in [2.05, 4.69) is 4.98 Å². The Bertz CT molecular complexity index is 475. The molecule has 2 nitrogen and oxygen atoms in total. The Kier molecular flexibility index (Phi) is 2.40. The van der Waals surface area contributed by atoms with Crippen LogP contribution < -0.4 is 5.73 Å². The van der Waals surface area contributed by atoms with Crippen LogP contribution in [0.1, 0.15) is 12.5 Å². The van der Waals surface area contributed by atoms with Gasteiger partial charge < -0.3 is 5.73 Å². The van der Waals surface area contributed by atoms with Gasteiger partial charge >= 0.3 is 0 Å². The molecule has 0 saturated heterocycles. The molecule has 1 atom stereocenters. The highest BCUT2D eigenvalue weighted by atomic mass is 19.1. The predicted octanol–water partition coefficient (Wildman–Crippen LogP) is 2.38. The van der Waals surface area contributed by atoms with Crippen LogP contribution >= 0.6 is 0 Å². The molecule has 2 rings (SSSR count). The zero-order chi connectivity index (χ0) is 10.9. The van der Waals surface area contributed by atoms with Crippen LogP contribution in [-0.2, 0) is 5.67 Å². The molecule has 0 aliphatic heterocycles. The lowest BCUT2D eigenvalue weighted by Crippen LogP contribution is -2.26. The molecule has 1 aromatic carbocycles. The summed E-state index contributed by atoms with van der Waals surface area (Å²) >= 11 is 0. The molecule has 0 radical (unpaired) electrons. The first-order valence-electron chi connectivity index (χ1n) is 4.87. The van der Waals surface area contributed by atoms with Gasteiger partial charge in [0.1, 0.15) is 5.67 Å². The van der Waals surface area contributed by atoms with Gasteiger partial charge in [-0.25, -0.2) is 4.39 Å². The topological polar surface area (TPSA) is 38.9 Å². The molecule has 78 valence electrons. The lowest BCUT2D eigenvalue weighted by atomic mass is 9.93. The summed E-state index contributed by atoms with van der Waals surface area (Å²) in [4.78, 5) is 4.01. The SMILES string of the molecule is CC(F)(CN)c1cccc2ccncc12. The smallest absolute Gasteiger partial charge is 0.146 e. The Morgan fingerprint density at radius 3 is 2.93 bits per heavy atom. The fourth-order valence-electron chi connectivity index (χ4n) is 1.68. The number of halogens is 1. The van der Waals surface area contributed by atoms with Gasteiger partial charge in [0.2, 0.25) is 0 Å². The molecule has 15 heavy (non-hydrogen) atoms. The molecule has 1 aromatic heterocycles. The monoisotopic (exact) mass is 204 g/mol. The minimum atomic E-state index is -1.50. The van der Waals surface area contributed by atoms with Crippen molar-refractivity contribution in [2.24, 2.45) is 5.73 Å². The Morgan fingerprint density at radius 2 is 2.20 bits per heavy atom. The molecule has 0 aliphatic carbocycles. The fraction of sp³-hybridized carbons (Fsp3) is 0.250. The first kappa shape index (κ1) is 10.1. The zero-order valence-electron chi connectivity index (χ0n) is 8.57. The van der Waals surface area contributed by atoms with Crippen LogP contribution in [-0.4, -0.2) is 11.5 Å². The van der Waals surface area contributed by atoms with Crippen molar-refractivity contribution >= 4 is 10.8 Å². The lowest BCUT2D eigenvalue weighted by Gasteiger charge is -2.20. The summed E-state index contributed by atoms with van der Waals surface area (Å²) in [5, 5.41) is 1.82. The van der Waals surface area contributed by atoms with Crippen molar-refractivity contribution in [2.75, 3.05) is 6.54 Å². The summed E-state index contributed by atoms with van der Waals surface area (Å²) in [5.41, 5.74) is 4.54. The number of benzene rings is 1. The predicted molar refractivity (Wildman–Crippen MR) is 59.3 cm³/mol. The molecule has 0 spiro atoms.